The number of likely N-dealkylation sites (N-methyl/N-ethyl adjacent to an activating group) is 1. The van der Waals surface area contributed by atoms with Gasteiger partial charge in [0.15, 0.2) is 0 Å². The van der Waals surface area contributed by atoms with Crippen molar-refractivity contribution in [3.05, 3.63) is 59.0 Å². The number of nitrogens with zero attached hydrogens (tertiary/aromatic N) is 4. The Morgan fingerprint density at radius 1 is 1.20 bits per heavy atom. The van der Waals surface area contributed by atoms with E-state index in [1.54, 1.807) is 0 Å². The molecule has 4 heterocycles. The quantitative estimate of drug-likeness (QED) is 0.382. The van der Waals surface area contributed by atoms with Crippen molar-refractivity contribution < 1.29 is 4.79 Å². The fourth-order valence-corrected chi connectivity index (χ4v) is 5.18. The molecule has 0 bridgehead atoms. The SMILES string of the molecule is CNCCN1CCn2nc(-c3ccc4[nH]c(-c5ccnc(C)c5)c(C(C)C)c4c3)c(C(N)=O)c2C1. The second-order valence-electron chi connectivity index (χ2n) is 9.65. The molecule has 1 amide bonds. The molecule has 0 radical (unpaired) electrons. The topological polar surface area (TPSA) is 105 Å². The molecule has 1 aliphatic rings. The van der Waals surface area contributed by atoms with Crippen LogP contribution in [0.25, 0.3) is 33.4 Å². The summed E-state index contributed by atoms with van der Waals surface area (Å²) in [6.07, 6.45) is 1.85. The van der Waals surface area contributed by atoms with E-state index < -0.39 is 5.91 Å². The Morgan fingerprint density at radius 2 is 2.03 bits per heavy atom. The van der Waals surface area contributed by atoms with Crippen LogP contribution in [0.1, 0.15) is 47.1 Å². The number of hydrogen-bond donors (Lipinski definition) is 3. The molecule has 3 aromatic heterocycles. The summed E-state index contributed by atoms with van der Waals surface area (Å²) in [6.45, 7) is 10.5. The van der Waals surface area contributed by atoms with Crippen molar-refractivity contribution in [1.82, 2.24) is 30.0 Å². The lowest BCUT2D eigenvalue weighted by molar-refractivity contribution is 0.0997. The van der Waals surface area contributed by atoms with Crippen LogP contribution in [0.15, 0.2) is 36.5 Å². The van der Waals surface area contributed by atoms with Crippen LogP contribution in [-0.4, -0.2) is 57.2 Å². The molecule has 0 spiro atoms. The van der Waals surface area contributed by atoms with Gasteiger partial charge in [-0.15, -0.1) is 0 Å². The minimum absolute atomic E-state index is 0.300. The Balaban J connectivity index is 1.63. The maximum atomic E-state index is 12.6. The number of carbonyl (C=O) groups excluding carboxylic acids is 1. The highest BCUT2D eigenvalue weighted by Crippen LogP contribution is 2.38. The highest BCUT2D eigenvalue weighted by atomic mass is 16.1. The first-order valence-electron chi connectivity index (χ1n) is 12.2. The van der Waals surface area contributed by atoms with Crippen molar-refractivity contribution in [2.24, 2.45) is 5.73 Å². The van der Waals surface area contributed by atoms with Crippen molar-refractivity contribution in [3.8, 4) is 22.5 Å². The predicted molar refractivity (Wildman–Crippen MR) is 139 cm³/mol. The molecule has 0 atom stereocenters. The number of aromatic amines is 1. The van der Waals surface area contributed by atoms with Gasteiger partial charge >= 0.3 is 0 Å². The van der Waals surface area contributed by atoms with Gasteiger partial charge in [0.1, 0.15) is 5.69 Å². The average molecular weight is 472 g/mol. The molecule has 8 heteroatoms. The van der Waals surface area contributed by atoms with E-state index in [0.717, 1.165) is 65.3 Å². The van der Waals surface area contributed by atoms with Crippen LogP contribution >= 0.6 is 0 Å². The molecule has 0 fully saturated rings. The molecule has 1 aliphatic heterocycles. The normalized spacial score (nSPS) is 14.1. The summed E-state index contributed by atoms with van der Waals surface area (Å²) >= 11 is 0. The molecule has 0 saturated heterocycles. The molecule has 0 aliphatic carbocycles. The highest BCUT2D eigenvalue weighted by molar-refractivity contribution is 6.02. The fourth-order valence-electron chi connectivity index (χ4n) is 5.18. The number of fused-ring (bicyclic) bond motifs is 2. The number of aryl methyl sites for hydroxylation is 1. The molecular formula is C27H33N7O. The Morgan fingerprint density at radius 3 is 2.74 bits per heavy atom. The van der Waals surface area contributed by atoms with Gasteiger partial charge in [-0.3, -0.25) is 19.4 Å². The van der Waals surface area contributed by atoms with Crippen LogP contribution in [0, 0.1) is 6.92 Å². The number of hydrogen-bond acceptors (Lipinski definition) is 5. The maximum absolute atomic E-state index is 12.6. The standard InChI is InChI=1S/C27H33N7O/c1-16(2)23-20-14-18(5-6-21(20)31-25(23)19-7-8-30-17(3)13-19)26-24(27(28)35)22-15-33(10-9-29-4)11-12-34(22)32-26/h5-8,13-14,16,29,31H,9-12,15H2,1-4H3,(H2,28,35). The van der Waals surface area contributed by atoms with Gasteiger partial charge in [-0.2, -0.15) is 5.10 Å². The van der Waals surface area contributed by atoms with Gasteiger partial charge in [0.05, 0.1) is 23.5 Å². The molecule has 4 N–H and O–H groups in total. The van der Waals surface area contributed by atoms with Crippen LogP contribution in [0.2, 0.25) is 0 Å². The third kappa shape index (κ3) is 4.24. The molecule has 1 aromatic carbocycles. The number of rotatable bonds is 7. The smallest absolute Gasteiger partial charge is 0.252 e. The Bertz CT molecular complexity index is 1400. The summed E-state index contributed by atoms with van der Waals surface area (Å²) in [5.74, 6) is -0.128. The molecular weight excluding hydrogens is 438 g/mol. The first-order valence-corrected chi connectivity index (χ1v) is 12.2. The number of aromatic nitrogens is 4. The zero-order valence-corrected chi connectivity index (χ0v) is 20.9. The van der Waals surface area contributed by atoms with Crippen LogP contribution < -0.4 is 11.1 Å². The summed E-state index contributed by atoms with van der Waals surface area (Å²) in [5, 5.41) is 9.20. The summed E-state index contributed by atoms with van der Waals surface area (Å²) in [5.41, 5.74) is 14.4. The molecule has 8 nitrogen and oxygen atoms in total. The van der Waals surface area contributed by atoms with Crippen LogP contribution in [-0.2, 0) is 13.1 Å². The Hall–Kier alpha value is -3.49. The van der Waals surface area contributed by atoms with E-state index in [4.69, 9.17) is 10.8 Å². The van der Waals surface area contributed by atoms with Gasteiger partial charge in [0.25, 0.3) is 5.91 Å². The number of H-pyrrole nitrogens is 1. The van der Waals surface area contributed by atoms with E-state index in [2.05, 4.69) is 52.2 Å². The molecule has 182 valence electrons. The van der Waals surface area contributed by atoms with Crippen molar-refractivity contribution in [2.75, 3.05) is 26.7 Å². The first kappa shape index (κ1) is 23.3. The molecule has 35 heavy (non-hydrogen) atoms. The number of primary amides is 1. The van der Waals surface area contributed by atoms with Gasteiger partial charge in [-0.05, 0) is 49.7 Å². The number of pyridine rings is 1. The molecule has 0 unspecified atom stereocenters. The summed E-state index contributed by atoms with van der Waals surface area (Å²) in [6, 6.07) is 10.4. The van der Waals surface area contributed by atoms with Crippen molar-refractivity contribution in [2.45, 2.75) is 39.8 Å². The number of nitrogens with one attached hydrogen (secondary N) is 2. The van der Waals surface area contributed by atoms with Gasteiger partial charge in [-0.1, -0.05) is 19.9 Å². The van der Waals surface area contributed by atoms with Gasteiger partial charge in [-0.25, -0.2) is 0 Å². The first-order chi connectivity index (χ1) is 16.9. The van der Waals surface area contributed by atoms with Crippen molar-refractivity contribution in [1.29, 1.82) is 0 Å². The minimum Gasteiger partial charge on any atom is -0.365 e. The zero-order valence-electron chi connectivity index (χ0n) is 20.9. The number of benzene rings is 1. The van der Waals surface area contributed by atoms with Gasteiger partial charge < -0.3 is 16.0 Å². The van der Waals surface area contributed by atoms with Crippen LogP contribution in [0.3, 0.4) is 0 Å². The fraction of sp³-hybridized carbons (Fsp3) is 0.370. The lowest BCUT2D eigenvalue weighted by atomic mass is 9.94. The second-order valence-corrected chi connectivity index (χ2v) is 9.65. The Kier molecular flexibility index (Phi) is 6.17. The van der Waals surface area contributed by atoms with Gasteiger partial charge in [0, 0.05) is 60.1 Å². The molecule has 0 saturated carbocycles. The second kappa shape index (κ2) is 9.28. The van der Waals surface area contributed by atoms with Crippen LogP contribution in [0.4, 0.5) is 0 Å². The van der Waals surface area contributed by atoms with Crippen molar-refractivity contribution >= 4 is 16.8 Å². The number of nitrogens with two attached hydrogens (primary N) is 1. The van der Waals surface area contributed by atoms with Crippen molar-refractivity contribution in [3.63, 3.8) is 0 Å². The summed E-state index contributed by atoms with van der Waals surface area (Å²) in [4.78, 5) is 22.9. The van der Waals surface area contributed by atoms with Crippen LogP contribution in [0.5, 0.6) is 0 Å². The third-order valence-electron chi connectivity index (χ3n) is 6.86. The number of amides is 1. The monoisotopic (exact) mass is 471 g/mol. The van der Waals surface area contributed by atoms with E-state index in [0.29, 0.717) is 23.7 Å². The predicted octanol–water partition coefficient (Wildman–Crippen LogP) is 3.66. The van der Waals surface area contributed by atoms with E-state index in [1.165, 1.54) is 5.56 Å². The summed E-state index contributed by atoms with van der Waals surface area (Å²) in [7, 11) is 1.95. The zero-order chi connectivity index (χ0) is 24.7. The Labute approximate surface area is 205 Å². The summed E-state index contributed by atoms with van der Waals surface area (Å²) < 4.78 is 1.96. The largest absolute Gasteiger partial charge is 0.365 e. The lowest BCUT2D eigenvalue weighted by Crippen LogP contribution is -2.38. The lowest BCUT2D eigenvalue weighted by Gasteiger charge is -2.27. The molecule has 5 rings (SSSR count). The van der Waals surface area contributed by atoms with Gasteiger partial charge in [0.2, 0.25) is 0 Å². The maximum Gasteiger partial charge on any atom is 0.252 e. The average Bonchev–Trinajstić information content (AvgIpc) is 3.40. The highest BCUT2D eigenvalue weighted by Gasteiger charge is 2.28. The van der Waals surface area contributed by atoms with E-state index in [-0.39, 0.29) is 0 Å². The minimum atomic E-state index is -0.428. The van der Waals surface area contributed by atoms with E-state index >= 15 is 0 Å². The van der Waals surface area contributed by atoms with E-state index in [1.807, 2.05) is 37.0 Å². The molecule has 4 aromatic rings. The van der Waals surface area contributed by atoms with E-state index in [9.17, 15) is 4.79 Å². The number of carbonyl (C=O) groups is 1. The third-order valence-corrected chi connectivity index (χ3v) is 6.86.